The van der Waals surface area contributed by atoms with Crippen molar-refractivity contribution in [2.24, 2.45) is 0 Å². The quantitative estimate of drug-likeness (QED) is 0.618. The lowest BCUT2D eigenvalue weighted by Gasteiger charge is -2.12. The van der Waals surface area contributed by atoms with Gasteiger partial charge in [-0.25, -0.2) is 0 Å². The molecule has 0 unspecified atom stereocenters. The van der Waals surface area contributed by atoms with Crippen molar-refractivity contribution in [3.05, 3.63) is 62.3 Å². The van der Waals surface area contributed by atoms with E-state index in [1.54, 1.807) is 12.3 Å². The highest BCUT2D eigenvalue weighted by Gasteiger charge is 2.34. The van der Waals surface area contributed by atoms with Crippen molar-refractivity contribution in [1.82, 2.24) is 9.88 Å². The van der Waals surface area contributed by atoms with E-state index in [2.05, 4.69) is 27.6 Å². The van der Waals surface area contributed by atoms with Crippen LogP contribution in [-0.2, 0) is 11.3 Å². The zero-order chi connectivity index (χ0) is 14.8. The number of thioether (sulfide) groups is 1. The summed E-state index contributed by atoms with van der Waals surface area (Å²) >= 11 is 3.20. The van der Waals surface area contributed by atoms with Gasteiger partial charge in [-0.1, -0.05) is 12.1 Å². The SMILES string of the molecule is O=C1S/C(=C\c2ccc[nH]2)C(=O)N1Cc1ccc(I)cc1. The van der Waals surface area contributed by atoms with Crippen LogP contribution in [0.1, 0.15) is 11.3 Å². The number of amides is 2. The molecule has 3 rings (SSSR count). The summed E-state index contributed by atoms with van der Waals surface area (Å²) in [5, 5.41) is -0.226. The number of nitrogens with zero attached hydrogens (tertiary/aromatic N) is 1. The van der Waals surface area contributed by atoms with Crippen LogP contribution in [0.25, 0.3) is 6.08 Å². The molecule has 0 spiro atoms. The number of hydrogen-bond acceptors (Lipinski definition) is 3. The lowest BCUT2D eigenvalue weighted by molar-refractivity contribution is -0.123. The van der Waals surface area contributed by atoms with Gasteiger partial charge in [-0.15, -0.1) is 0 Å². The second kappa shape index (κ2) is 6.07. The van der Waals surface area contributed by atoms with E-state index in [-0.39, 0.29) is 11.1 Å². The second-order valence-electron chi connectivity index (χ2n) is 4.52. The Labute approximate surface area is 139 Å². The summed E-state index contributed by atoms with van der Waals surface area (Å²) in [6.07, 6.45) is 3.49. The lowest BCUT2D eigenvalue weighted by Crippen LogP contribution is -2.27. The van der Waals surface area contributed by atoms with Crippen LogP contribution in [0.3, 0.4) is 0 Å². The molecule has 1 aromatic heterocycles. The van der Waals surface area contributed by atoms with Crippen LogP contribution in [0.2, 0.25) is 0 Å². The Morgan fingerprint density at radius 2 is 1.95 bits per heavy atom. The fraction of sp³-hybridized carbons (Fsp3) is 0.0667. The molecule has 1 N–H and O–H groups in total. The Balaban J connectivity index is 1.79. The average Bonchev–Trinajstić information content (AvgIpc) is 3.06. The van der Waals surface area contributed by atoms with Gasteiger partial charge in [0.2, 0.25) is 0 Å². The van der Waals surface area contributed by atoms with Gasteiger partial charge in [-0.2, -0.15) is 0 Å². The Kier molecular flexibility index (Phi) is 4.16. The molecule has 1 aliphatic heterocycles. The van der Waals surface area contributed by atoms with Gasteiger partial charge < -0.3 is 4.98 Å². The van der Waals surface area contributed by atoms with Crippen LogP contribution >= 0.6 is 34.4 Å². The molecule has 2 heterocycles. The van der Waals surface area contributed by atoms with Crippen LogP contribution in [0.15, 0.2) is 47.5 Å². The van der Waals surface area contributed by atoms with Crippen molar-refractivity contribution in [3.63, 3.8) is 0 Å². The first-order valence-corrected chi connectivity index (χ1v) is 8.16. The van der Waals surface area contributed by atoms with E-state index in [1.807, 2.05) is 36.4 Å². The summed E-state index contributed by atoms with van der Waals surface area (Å²) in [6, 6.07) is 11.5. The largest absolute Gasteiger partial charge is 0.362 e. The number of H-pyrrole nitrogens is 1. The Morgan fingerprint density at radius 3 is 2.62 bits per heavy atom. The zero-order valence-electron chi connectivity index (χ0n) is 10.9. The van der Waals surface area contributed by atoms with Gasteiger partial charge in [-0.3, -0.25) is 14.5 Å². The first-order valence-electron chi connectivity index (χ1n) is 6.27. The molecule has 2 amide bonds. The predicted octanol–water partition coefficient (Wildman–Crippen LogP) is 3.86. The van der Waals surface area contributed by atoms with Gasteiger partial charge in [0.1, 0.15) is 0 Å². The smallest absolute Gasteiger partial charge is 0.293 e. The van der Waals surface area contributed by atoms with Gasteiger partial charge in [0, 0.05) is 15.5 Å². The molecule has 0 saturated carbocycles. The average molecular weight is 410 g/mol. The molecule has 6 heteroatoms. The number of carbonyl (C=O) groups is 2. The number of hydrogen-bond donors (Lipinski definition) is 1. The minimum atomic E-state index is -0.238. The highest BCUT2D eigenvalue weighted by atomic mass is 127. The van der Waals surface area contributed by atoms with Crippen molar-refractivity contribution < 1.29 is 9.59 Å². The van der Waals surface area contributed by atoms with Crippen molar-refractivity contribution >= 4 is 51.6 Å². The zero-order valence-corrected chi connectivity index (χ0v) is 13.8. The van der Waals surface area contributed by atoms with Gasteiger partial charge in [-0.05, 0) is 70.3 Å². The molecule has 2 aromatic rings. The first kappa shape index (κ1) is 14.4. The van der Waals surface area contributed by atoms with Gasteiger partial charge in [0.25, 0.3) is 11.1 Å². The van der Waals surface area contributed by atoms with E-state index in [4.69, 9.17) is 0 Å². The summed E-state index contributed by atoms with van der Waals surface area (Å²) in [4.78, 5) is 29.1. The van der Waals surface area contributed by atoms with Crippen LogP contribution < -0.4 is 0 Å². The highest BCUT2D eigenvalue weighted by molar-refractivity contribution is 14.1. The number of halogens is 1. The van der Waals surface area contributed by atoms with E-state index in [9.17, 15) is 9.59 Å². The number of carbonyl (C=O) groups excluding carboxylic acids is 2. The maximum Gasteiger partial charge on any atom is 0.293 e. The molecular formula is C15H11IN2O2S. The van der Waals surface area contributed by atoms with Crippen LogP contribution in [0.4, 0.5) is 4.79 Å². The molecule has 1 aromatic carbocycles. The highest BCUT2D eigenvalue weighted by Crippen LogP contribution is 2.33. The molecule has 0 atom stereocenters. The molecule has 0 radical (unpaired) electrons. The summed E-state index contributed by atoms with van der Waals surface area (Å²) < 4.78 is 1.12. The van der Waals surface area contributed by atoms with Crippen LogP contribution in [0.5, 0.6) is 0 Å². The third-order valence-corrected chi connectivity index (χ3v) is 4.66. The maximum atomic E-state index is 12.3. The second-order valence-corrected chi connectivity index (χ2v) is 6.76. The van der Waals surface area contributed by atoms with Crippen molar-refractivity contribution in [2.75, 3.05) is 0 Å². The molecule has 0 bridgehead atoms. The summed E-state index contributed by atoms with van der Waals surface area (Å²) in [7, 11) is 0. The predicted molar refractivity (Wildman–Crippen MR) is 91.5 cm³/mol. The van der Waals surface area contributed by atoms with Crippen molar-refractivity contribution in [1.29, 1.82) is 0 Å². The van der Waals surface area contributed by atoms with Crippen molar-refractivity contribution in [2.45, 2.75) is 6.54 Å². The number of aromatic amines is 1. The number of rotatable bonds is 3. The van der Waals surface area contributed by atoms with Crippen LogP contribution in [0, 0.1) is 3.57 Å². The molecular weight excluding hydrogens is 399 g/mol. The van der Waals surface area contributed by atoms with E-state index in [0.29, 0.717) is 11.4 Å². The fourth-order valence-electron chi connectivity index (χ4n) is 1.98. The molecule has 0 aliphatic carbocycles. The molecule has 1 aliphatic rings. The van der Waals surface area contributed by atoms with Gasteiger partial charge >= 0.3 is 0 Å². The van der Waals surface area contributed by atoms with Crippen LogP contribution in [-0.4, -0.2) is 21.0 Å². The Hall–Kier alpha value is -1.54. The monoisotopic (exact) mass is 410 g/mol. The topological polar surface area (TPSA) is 53.2 Å². The van der Waals surface area contributed by atoms with E-state index >= 15 is 0 Å². The first-order chi connectivity index (χ1) is 10.1. The molecule has 1 saturated heterocycles. The molecule has 1 fully saturated rings. The van der Waals surface area contributed by atoms with Gasteiger partial charge in [0.05, 0.1) is 11.4 Å². The lowest BCUT2D eigenvalue weighted by atomic mass is 10.2. The number of imide groups is 1. The number of benzene rings is 1. The Bertz CT molecular complexity index is 708. The van der Waals surface area contributed by atoms with E-state index in [1.165, 1.54) is 4.90 Å². The normalized spacial score (nSPS) is 17.0. The minimum absolute atomic E-state index is 0.226. The minimum Gasteiger partial charge on any atom is -0.362 e. The maximum absolute atomic E-state index is 12.3. The third-order valence-electron chi connectivity index (χ3n) is 3.04. The van der Waals surface area contributed by atoms with E-state index in [0.717, 1.165) is 26.6 Å². The van der Waals surface area contributed by atoms with E-state index < -0.39 is 0 Å². The number of nitrogens with one attached hydrogen (secondary N) is 1. The third kappa shape index (κ3) is 3.21. The molecule has 106 valence electrons. The molecule has 21 heavy (non-hydrogen) atoms. The summed E-state index contributed by atoms with van der Waals surface area (Å²) in [5.74, 6) is -0.238. The summed E-state index contributed by atoms with van der Waals surface area (Å²) in [6.45, 7) is 0.309. The summed E-state index contributed by atoms with van der Waals surface area (Å²) in [5.41, 5.74) is 1.76. The fourth-order valence-corrected chi connectivity index (χ4v) is 3.17. The number of aromatic nitrogens is 1. The van der Waals surface area contributed by atoms with Crippen molar-refractivity contribution in [3.8, 4) is 0 Å². The standard InChI is InChI=1S/C15H11IN2O2S/c16-11-5-3-10(4-6-11)9-18-14(19)13(21-15(18)20)8-12-2-1-7-17-12/h1-8,17H,9H2/b13-8-. The van der Waals surface area contributed by atoms with Gasteiger partial charge in [0.15, 0.2) is 0 Å². The molecule has 4 nitrogen and oxygen atoms in total. The Morgan fingerprint density at radius 1 is 1.19 bits per heavy atom.